The molecule has 1 aromatic rings. The van der Waals surface area contributed by atoms with Crippen molar-refractivity contribution in [3.8, 4) is 0 Å². The molecule has 0 spiro atoms. The summed E-state index contributed by atoms with van der Waals surface area (Å²) in [4.78, 5) is 13.5. The largest absolute Gasteiger partial charge is 0.343 e. The highest BCUT2D eigenvalue weighted by Gasteiger charge is 2.10. The van der Waals surface area contributed by atoms with E-state index in [4.69, 9.17) is 0 Å². The normalized spacial score (nSPS) is 10.5. The van der Waals surface area contributed by atoms with E-state index < -0.39 is 0 Å². The summed E-state index contributed by atoms with van der Waals surface area (Å²) in [7, 11) is 3.69. The molecule has 0 bridgehead atoms. The number of hydrogen-bond acceptors (Lipinski definition) is 3. The molecular weight excluding hydrogens is 204 g/mol. The van der Waals surface area contributed by atoms with Crippen LogP contribution in [0.4, 0.5) is 0 Å². The Bertz CT molecular complexity index is 359. The highest BCUT2D eigenvalue weighted by molar-refractivity contribution is 5.75. The summed E-state index contributed by atoms with van der Waals surface area (Å²) in [6.07, 6.45) is 0. The third-order valence-electron chi connectivity index (χ3n) is 2.51. The maximum atomic E-state index is 11.8. The minimum Gasteiger partial charge on any atom is -0.343 e. The van der Waals surface area contributed by atoms with E-state index in [9.17, 15) is 4.79 Å². The fourth-order valence-corrected chi connectivity index (χ4v) is 1.49. The van der Waals surface area contributed by atoms with Crippen LogP contribution in [0.5, 0.6) is 0 Å². The molecule has 0 aliphatic heterocycles. The van der Waals surface area contributed by atoms with Gasteiger partial charge >= 0.3 is 0 Å². The summed E-state index contributed by atoms with van der Waals surface area (Å²) in [6.45, 7) is 5.73. The molecule has 1 aromatic heterocycles. The van der Waals surface area contributed by atoms with Crippen LogP contribution in [0.15, 0.2) is 6.07 Å². The first-order chi connectivity index (χ1) is 7.54. The van der Waals surface area contributed by atoms with Crippen LogP contribution in [0.3, 0.4) is 0 Å². The molecule has 5 nitrogen and oxygen atoms in total. The van der Waals surface area contributed by atoms with E-state index in [1.165, 1.54) is 0 Å². The molecule has 0 radical (unpaired) electrons. The van der Waals surface area contributed by atoms with E-state index in [1.807, 2.05) is 34.0 Å². The predicted octanol–water partition coefficient (Wildman–Crippen LogP) is 0.178. The Morgan fingerprint density at radius 1 is 1.56 bits per heavy atom. The van der Waals surface area contributed by atoms with Gasteiger partial charge in [0, 0.05) is 25.8 Å². The number of carbonyl (C=O) groups excluding carboxylic acids is 1. The highest BCUT2D eigenvalue weighted by Crippen LogP contribution is 2.02. The van der Waals surface area contributed by atoms with Gasteiger partial charge in [0.1, 0.15) is 6.54 Å². The minimum absolute atomic E-state index is 0.0847. The molecular formula is C11H20N4O. The van der Waals surface area contributed by atoms with E-state index in [1.54, 1.807) is 9.58 Å². The van der Waals surface area contributed by atoms with Crippen molar-refractivity contribution in [2.75, 3.05) is 27.2 Å². The summed E-state index contributed by atoms with van der Waals surface area (Å²) < 4.78 is 1.74. The van der Waals surface area contributed by atoms with Crippen molar-refractivity contribution >= 4 is 5.91 Å². The Morgan fingerprint density at radius 2 is 2.25 bits per heavy atom. The molecule has 0 saturated carbocycles. The first-order valence-corrected chi connectivity index (χ1v) is 5.44. The van der Waals surface area contributed by atoms with E-state index in [0.29, 0.717) is 13.1 Å². The summed E-state index contributed by atoms with van der Waals surface area (Å²) >= 11 is 0. The lowest BCUT2D eigenvalue weighted by Gasteiger charge is -2.17. The average molecular weight is 224 g/mol. The molecule has 0 saturated heterocycles. The number of hydrogen-bond donors (Lipinski definition) is 1. The Morgan fingerprint density at radius 3 is 2.75 bits per heavy atom. The molecule has 5 heteroatoms. The number of aromatic nitrogens is 2. The van der Waals surface area contributed by atoms with Crippen LogP contribution < -0.4 is 5.32 Å². The molecule has 1 N–H and O–H groups in total. The van der Waals surface area contributed by atoms with Crippen LogP contribution in [-0.4, -0.2) is 47.8 Å². The van der Waals surface area contributed by atoms with Gasteiger partial charge in [0.25, 0.3) is 0 Å². The smallest absolute Gasteiger partial charge is 0.244 e. The fraction of sp³-hybridized carbons (Fsp3) is 0.636. The standard InChI is InChI=1S/C11H20N4O/c1-9-7-10(2)15(13-9)8-11(16)14(4)6-5-12-3/h7,12H,5-6,8H2,1-4H3. The zero-order valence-electron chi connectivity index (χ0n) is 10.4. The number of nitrogens with zero attached hydrogens (tertiary/aromatic N) is 3. The van der Waals surface area contributed by atoms with Crippen LogP contribution in [0.2, 0.25) is 0 Å². The second-order valence-electron chi connectivity index (χ2n) is 4.00. The molecule has 0 aromatic carbocycles. The quantitative estimate of drug-likeness (QED) is 0.776. The van der Waals surface area contributed by atoms with Crippen LogP contribution in [-0.2, 0) is 11.3 Å². The van der Waals surface area contributed by atoms with E-state index in [0.717, 1.165) is 17.9 Å². The number of carbonyl (C=O) groups is 1. The number of rotatable bonds is 5. The van der Waals surface area contributed by atoms with Gasteiger partial charge in [-0.2, -0.15) is 5.10 Å². The van der Waals surface area contributed by atoms with Gasteiger partial charge in [0.2, 0.25) is 5.91 Å². The summed E-state index contributed by atoms with van der Waals surface area (Å²) in [6, 6.07) is 1.97. The third-order valence-corrected chi connectivity index (χ3v) is 2.51. The van der Waals surface area contributed by atoms with E-state index >= 15 is 0 Å². The molecule has 90 valence electrons. The first kappa shape index (κ1) is 12.7. The maximum Gasteiger partial charge on any atom is 0.244 e. The van der Waals surface area contributed by atoms with Crippen molar-refractivity contribution in [3.05, 3.63) is 17.5 Å². The zero-order valence-corrected chi connectivity index (χ0v) is 10.4. The summed E-state index contributed by atoms with van der Waals surface area (Å²) in [5, 5.41) is 7.28. The number of nitrogens with one attached hydrogen (secondary N) is 1. The van der Waals surface area contributed by atoms with Gasteiger partial charge in [-0.1, -0.05) is 0 Å². The van der Waals surface area contributed by atoms with Gasteiger partial charge in [-0.25, -0.2) is 0 Å². The molecule has 0 atom stereocenters. The monoisotopic (exact) mass is 224 g/mol. The fourth-order valence-electron chi connectivity index (χ4n) is 1.49. The lowest BCUT2D eigenvalue weighted by atomic mass is 10.4. The van der Waals surface area contributed by atoms with Gasteiger partial charge in [-0.05, 0) is 27.0 Å². The molecule has 1 amide bonds. The van der Waals surface area contributed by atoms with E-state index in [2.05, 4.69) is 10.4 Å². The summed E-state index contributed by atoms with van der Waals surface area (Å²) in [5.41, 5.74) is 1.97. The van der Waals surface area contributed by atoms with Crippen molar-refractivity contribution in [2.45, 2.75) is 20.4 Å². The van der Waals surface area contributed by atoms with Crippen molar-refractivity contribution in [1.29, 1.82) is 0 Å². The Hall–Kier alpha value is -1.36. The minimum atomic E-state index is 0.0847. The van der Waals surface area contributed by atoms with Crippen molar-refractivity contribution in [1.82, 2.24) is 20.0 Å². The molecule has 1 rings (SSSR count). The first-order valence-electron chi connectivity index (χ1n) is 5.44. The van der Waals surface area contributed by atoms with Crippen LogP contribution in [0, 0.1) is 13.8 Å². The zero-order chi connectivity index (χ0) is 12.1. The summed E-state index contributed by atoms with van der Waals surface area (Å²) in [5.74, 6) is 0.0847. The predicted molar refractivity (Wildman–Crippen MR) is 63.3 cm³/mol. The highest BCUT2D eigenvalue weighted by atomic mass is 16.2. The van der Waals surface area contributed by atoms with Crippen molar-refractivity contribution in [2.24, 2.45) is 0 Å². The number of amides is 1. The van der Waals surface area contributed by atoms with Gasteiger partial charge in [-0.15, -0.1) is 0 Å². The molecule has 1 heterocycles. The Labute approximate surface area is 96.4 Å². The Kier molecular flexibility index (Phi) is 4.49. The molecule has 0 aliphatic carbocycles. The van der Waals surface area contributed by atoms with Crippen LogP contribution in [0.25, 0.3) is 0 Å². The van der Waals surface area contributed by atoms with Crippen molar-refractivity contribution in [3.63, 3.8) is 0 Å². The lowest BCUT2D eigenvalue weighted by molar-refractivity contribution is -0.130. The van der Waals surface area contributed by atoms with Gasteiger partial charge in [0.15, 0.2) is 0 Å². The molecule has 0 unspecified atom stereocenters. The van der Waals surface area contributed by atoms with Crippen LogP contribution in [0.1, 0.15) is 11.4 Å². The van der Waals surface area contributed by atoms with Gasteiger partial charge in [-0.3, -0.25) is 9.48 Å². The van der Waals surface area contributed by atoms with E-state index in [-0.39, 0.29) is 5.91 Å². The second-order valence-corrected chi connectivity index (χ2v) is 4.00. The van der Waals surface area contributed by atoms with Crippen molar-refractivity contribution < 1.29 is 4.79 Å². The number of likely N-dealkylation sites (N-methyl/N-ethyl adjacent to an activating group) is 2. The second kappa shape index (κ2) is 5.65. The van der Waals surface area contributed by atoms with Gasteiger partial charge < -0.3 is 10.2 Å². The molecule has 0 fully saturated rings. The topological polar surface area (TPSA) is 50.2 Å². The SMILES string of the molecule is CNCCN(C)C(=O)Cn1nc(C)cc1C. The third kappa shape index (κ3) is 3.34. The van der Waals surface area contributed by atoms with Crippen LogP contribution >= 0.6 is 0 Å². The Balaban J connectivity index is 2.53. The molecule has 0 aliphatic rings. The average Bonchev–Trinajstić information content (AvgIpc) is 2.53. The van der Waals surface area contributed by atoms with Gasteiger partial charge in [0.05, 0.1) is 5.69 Å². The lowest BCUT2D eigenvalue weighted by Crippen LogP contribution is -2.35. The number of aryl methyl sites for hydroxylation is 2. The molecule has 16 heavy (non-hydrogen) atoms. The maximum absolute atomic E-state index is 11.8.